The average molecular weight is 353 g/mol. The van der Waals surface area contributed by atoms with Crippen LogP contribution in [-0.4, -0.2) is 32.2 Å². The zero-order valence-corrected chi connectivity index (χ0v) is 14.6. The van der Waals surface area contributed by atoms with E-state index in [0.717, 1.165) is 43.0 Å². The molecule has 24 heavy (non-hydrogen) atoms. The number of halogens is 1. The lowest BCUT2D eigenvalue weighted by molar-refractivity contribution is -0.126. The molecule has 2 heterocycles. The fourth-order valence-corrected chi connectivity index (χ4v) is 3.51. The van der Waals surface area contributed by atoms with Crippen LogP contribution in [0.25, 0.3) is 0 Å². The summed E-state index contributed by atoms with van der Waals surface area (Å²) in [7, 11) is 0. The lowest BCUT2D eigenvalue weighted by Crippen LogP contribution is -2.40. The largest absolute Gasteiger partial charge is 0.486 e. The Morgan fingerprint density at radius 1 is 1.08 bits per heavy atom. The molecule has 3 aliphatic rings. The Kier molecular flexibility index (Phi) is 5.51. The molecule has 1 unspecified atom stereocenters. The zero-order valence-electron chi connectivity index (χ0n) is 13.8. The first-order chi connectivity index (χ1) is 11.3. The van der Waals surface area contributed by atoms with Crippen molar-refractivity contribution in [3.05, 3.63) is 23.8 Å². The highest BCUT2D eigenvalue weighted by molar-refractivity contribution is 5.85. The number of nitrogens with one attached hydrogen (secondary N) is 2. The van der Waals surface area contributed by atoms with Gasteiger partial charge in [0.25, 0.3) is 0 Å². The van der Waals surface area contributed by atoms with Crippen molar-refractivity contribution in [1.29, 1.82) is 0 Å². The highest BCUT2D eigenvalue weighted by Crippen LogP contribution is 2.43. The Labute approximate surface area is 148 Å². The number of hydrogen-bond acceptors (Lipinski definition) is 4. The van der Waals surface area contributed by atoms with E-state index < -0.39 is 0 Å². The topological polar surface area (TPSA) is 59.6 Å². The van der Waals surface area contributed by atoms with E-state index in [4.69, 9.17) is 9.47 Å². The third-order valence-electron chi connectivity index (χ3n) is 5.03. The molecule has 1 atom stereocenters. The second-order valence-corrected chi connectivity index (χ2v) is 6.75. The van der Waals surface area contributed by atoms with Crippen LogP contribution in [-0.2, 0) is 4.79 Å². The van der Waals surface area contributed by atoms with E-state index in [2.05, 4.69) is 16.7 Å². The first-order valence-corrected chi connectivity index (χ1v) is 8.72. The first-order valence-electron chi connectivity index (χ1n) is 8.72. The molecule has 5 nitrogen and oxygen atoms in total. The smallest absolute Gasteiger partial charge is 0.223 e. The van der Waals surface area contributed by atoms with E-state index in [1.165, 1.54) is 12.8 Å². The van der Waals surface area contributed by atoms with Crippen LogP contribution in [0.1, 0.15) is 37.3 Å². The van der Waals surface area contributed by atoms with Crippen molar-refractivity contribution in [1.82, 2.24) is 10.6 Å². The fourth-order valence-electron chi connectivity index (χ4n) is 3.51. The molecule has 1 saturated heterocycles. The molecule has 2 aliphatic heterocycles. The van der Waals surface area contributed by atoms with Crippen LogP contribution in [0.2, 0.25) is 0 Å². The Morgan fingerprint density at radius 2 is 1.79 bits per heavy atom. The molecule has 132 valence electrons. The monoisotopic (exact) mass is 352 g/mol. The van der Waals surface area contributed by atoms with E-state index in [-0.39, 0.29) is 30.3 Å². The summed E-state index contributed by atoms with van der Waals surface area (Å²) in [5, 5.41) is 6.62. The molecule has 2 fully saturated rings. The van der Waals surface area contributed by atoms with Gasteiger partial charge >= 0.3 is 0 Å². The molecule has 0 aromatic heterocycles. The summed E-state index contributed by atoms with van der Waals surface area (Å²) in [5.74, 6) is 2.52. The number of hydrogen-bond donors (Lipinski definition) is 2. The number of piperidine rings is 1. The van der Waals surface area contributed by atoms with Gasteiger partial charge in [0.2, 0.25) is 5.91 Å². The molecule has 1 saturated carbocycles. The van der Waals surface area contributed by atoms with Gasteiger partial charge in [-0.3, -0.25) is 4.79 Å². The fraction of sp³-hybridized carbons (Fsp3) is 0.611. The molecule has 6 heteroatoms. The molecular weight excluding hydrogens is 328 g/mol. The molecule has 1 aliphatic carbocycles. The number of fused-ring (bicyclic) bond motifs is 1. The molecule has 1 aromatic rings. The maximum atomic E-state index is 12.6. The highest BCUT2D eigenvalue weighted by atomic mass is 35.5. The lowest BCUT2D eigenvalue weighted by Gasteiger charge is -2.27. The molecule has 2 N–H and O–H groups in total. The SMILES string of the molecule is Cl.O=C(NC(c1ccc2c(c1)OCCO2)C1CC1)C1CCNCC1. The molecular formula is C18H25ClN2O3. The van der Waals surface area contributed by atoms with Crippen molar-refractivity contribution in [3.63, 3.8) is 0 Å². The summed E-state index contributed by atoms with van der Waals surface area (Å²) in [4.78, 5) is 12.6. The van der Waals surface area contributed by atoms with Gasteiger partial charge in [0.1, 0.15) is 13.2 Å². The normalized spacial score (nSPS) is 21.5. The van der Waals surface area contributed by atoms with Crippen LogP contribution < -0.4 is 20.1 Å². The van der Waals surface area contributed by atoms with E-state index in [1.54, 1.807) is 0 Å². The van der Waals surface area contributed by atoms with Gasteiger partial charge in [0.05, 0.1) is 6.04 Å². The molecule has 4 rings (SSSR count). The van der Waals surface area contributed by atoms with Crippen molar-refractivity contribution in [2.24, 2.45) is 11.8 Å². The minimum absolute atomic E-state index is 0. The first kappa shape index (κ1) is 17.4. The van der Waals surface area contributed by atoms with Gasteiger partial charge in [-0.25, -0.2) is 0 Å². The summed E-state index contributed by atoms with van der Waals surface area (Å²) in [5.41, 5.74) is 1.14. The summed E-state index contributed by atoms with van der Waals surface area (Å²) < 4.78 is 11.3. The number of carbonyl (C=O) groups is 1. The van der Waals surface area contributed by atoms with Crippen molar-refractivity contribution >= 4 is 18.3 Å². The van der Waals surface area contributed by atoms with Gasteiger partial charge in [-0.1, -0.05) is 6.07 Å². The summed E-state index contributed by atoms with van der Waals surface area (Å²) in [6.07, 6.45) is 4.24. The van der Waals surface area contributed by atoms with E-state index in [0.29, 0.717) is 19.1 Å². The van der Waals surface area contributed by atoms with Crippen molar-refractivity contribution in [2.45, 2.75) is 31.7 Å². The number of rotatable bonds is 4. The van der Waals surface area contributed by atoms with Crippen LogP contribution in [0.5, 0.6) is 11.5 Å². The van der Waals surface area contributed by atoms with Crippen LogP contribution in [0.3, 0.4) is 0 Å². The Hall–Kier alpha value is -1.46. The molecule has 0 spiro atoms. The Morgan fingerprint density at radius 3 is 2.50 bits per heavy atom. The van der Waals surface area contributed by atoms with Crippen LogP contribution >= 0.6 is 12.4 Å². The third-order valence-corrected chi connectivity index (χ3v) is 5.03. The average Bonchev–Trinajstić information content (AvgIpc) is 3.45. The summed E-state index contributed by atoms with van der Waals surface area (Å²) >= 11 is 0. The molecule has 1 amide bonds. The van der Waals surface area contributed by atoms with Gasteiger partial charge in [0.15, 0.2) is 11.5 Å². The summed E-state index contributed by atoms with van der Waals surface area (Å²) in [6.45, 7) is 3.07. The van der Waals surface area contributed by atoms with E-state index in [9.17, 15) is 4.79 Å². The van der Waals surface area contributed by atoms with Gasteiger partial charge in [-0.15, -0.1) is 12.4 Å². The van der Waals surface area contributed by atoms with Crippen LogP contribution in [0, 0.1) is 11.8 Å². The minimum atomic E-state index is 0. The van der Waals surface area contributed by atoms with Gasteiger partial charge in [0, 0.05) is 5.92 Å². The maximum absolute atomic E-state index is 12.6. The molecule has 0 radical (unpaired) electrons. The standard InChI is InChI=1S/C18H24N2O3.ClH/c21-18(13-5-7-19-8-6-13)20-17(12-1-2-12)14-3-4-15-16(11-14)23-10-9-22-15;/h3-4,11-13,17,19H,1-2,5-10H2,(H,20,21);1H. The summed E-state index contributed by atoms with van der Waals surface area (Å²) in [6, 6.07) is 6.18. The van der Waals surface area contributed by atoms with Crippen molar-refractivity contribution in [3.8, 4) is 11.5 Å². The third kappa shape index (κ3) is 3.78. The predicted molar refractivity (Wildman–Crippen MR) is 93.9 cm³/mol. The molecule has 1 aromatic carbocycles. The van der Waals surface area contributed by atoms with Crippen LogP contribution in [0.4, 0.5) is 0 Å². The lowest BCUT2D eigenvalue weighted by atomic mass is 9.95. The van der Waals surface area contributed by atoms with Gasteiger partial charge in [-0.2, -0.15) is 0 Å². The second-order valence-electron chi connectivity index (χ2n) is 6.75. The van der Waals surface area contributed by atoms with E-state index >= 15 is 0 Å². The van der Waals surface area contributed by atoms with E-state index in [1.807, 2.05) is 12.1 Å². The van der Waals surface area contributed by atoms with Crippen molar-refractivity contribution < 1.29 is 14.3 Å². The minimum Gasteiger partial charge on any atom is -0.486 e. The quantitative estimate of drug-likeness (QED) is 0.873. The number of ether oxygens (including phenoxy) is 2. The Bertz CT molecular complexity index is 586. The number of carbonyl (C=O) groups excluding carboxylic acids is 1. The number of amides is 1. The predicted octanol–water partition coefficient (Wildman–Crippen LogP) is 2.45. The zero-order chi connectivity index (χ0) is 15.6. The van der Waals surface area contributed by atoms with Gasteiger partial charge < -0.3 is 20.1 Å². The maximum Gasteiger partial charge on any atom is 0.223 e. The van der Waals surface area contributed by atoms with Gasteiger partial charge in [-0.05, 0) is 62.4 Å². The second kappa shape index (κ2) is 7.62. The van der Waals surface area contributed by atoms with Crippen molar-refractivity contribution in [2.75, 3.05) is 26.3 Å². The Balaban J connectivity index is 0.00000169. The number of benzene rings is 1. The molecule has 0 bridgehead atoms. The van der Waals surface area contributed by atoms with Crippen LogP contribution in [0.15, 0.2) is 18.2 Å². The highest BCUT2D eigenvalue weighted by Gasteiger charge is 2.35.